The second-order valence-electron chi connectivity index (χ2n) is 7.95. The normalized spacial score (nSPS) is 11.8. The highest BCUT2D eigenvalue weighted by atomic mass is 16.5. The van der Waals surface area contributed by atoms with Crippen LogP contribution in [0.1, 0.15) is 16.8 Å². The maximum Gasteiger partial charge on any atom is 0.118 e. The fourth-order valence-corrected chi connectivity index (χ4v) is 4.77. The summed E-state index contributed by atoms with van der Waals surface area (Å²) in [5, 5.41) is 11.4. The number of nitriles is 1. The van der Waals surface area contributed by atoms with Crippen LogP contribution in [0.3, 0.4) is 0 Å². The summed E-state index contributed by atoms with van der Waals surface area (Å²) in [4.78, 5) is 8.42. The first-order chi connectivity index (χ1) is 15.8. The van der Waals surface area contributed by atoms with E-state index < -0.39 is 0 Å². The van der Waals surface area contributed by atoms with Crippen molar-refractivity contribution in [3.05, 3.63) is 95.8 Å². The quantitative estimate of drug-likeness (QED) is 0.368. The van der Waals surface area contributed by atoms with Crippen molar-refractivity contribution in [1.29, 1.82) is 5.26 Å². The highest BCUT2D eigenvalue weighted by Gasteiger charge is 2.29. The third-order valence-electron chi connectivity index (χ3n) is 6.25. The number of H-pyrrole nitrogens is 1. The summed E-state index contributed by atoms with van der Waals surface area (Å²) in [5.74, 6) is 0.787. The van der Waals surface area contributed by atoms with Crippen molar-refractivity contribution in [3.63, 3.8) is 0 Å². The lowest BCUT2D eigenvalue weighted by Gasteiger charge is -2.16. The predicted octanol–water partition coefficient (Wildman–Crippen LogP) is 6.35. The molecule has 2 heterocycles. The van der Waals surface area contributed by atoms with Crippen LogP contribution in [-0.4, -0.2) is 17.1 Å². The number of pyridine rings is 1. The van der Waals surface area contributed by atoms with Crippen LogP contribution in [0.4, 0.5) is 0 Å². The largest absolute Gasteiger partial charge is 0.497 e. The molecule has 32 heavy (non-hydrogen) atoms. The average molecular weight is 413 g/mol. The number of nitrogens with one attached hydrogen (secondary N) is 1. The summed E-state index contributed by atoms with van der Waals surface area (Å²) in [5.41, 5.74) is 9.69. The molecule has 0 amide bonds. The molecule has 3 aromatic carbocycles. The Morgan fingerprint density at radius 2 is 1.69 bits per heavy atom. The maximum atomic E-state index is 10.4. The predicted molar refractivity (Wildman–Crippen MR) is 126 cm³/mol. The van der Waals surface area contributed by atoms with E-state index in [1.54, 1.807) is 7.11 Å². The van der Waals surface area contributed by atoms with Crippen LogP contribution < -0.4 is 4.74 Å². The second-order valence-corrected chi connectivity index (χ2v) is 7.95. The lowest BCUT2D eigenvalue weighted by atomic mass is 9.89. The van der Waals surface area contributed by atoms with Gasteiger partial charge in [0.05, 0.1) is 24.1 Å². The van der Waals surface area contributed by atoms with E-state index in [4.69, 9.17) is 9.72 Å². The van der Waals surface area contributed by atoms with E-state index in [9.17, 15) is 5.26 Å². The molecule has 1 aliphatic carbocycles. The Balaban J connectivity index is 1.70. The van der Waals surface area contributed by atoms with Crippen LogP contribution >= 0.6 is 0 Å². The van der Waals surface area contributed by atoms with Gasteiger partial charge in [0.15, 0.2) is 0 Å². The van der Waals surface area contributed by atoms with Gasteiger partial charge in [0.1, 0.15) is 11.8 Å². The minimum Gasteiger partial charge on any atom is -0.497 e. The Labute approximate surface area is 185 Å². The zero-order chi connectivity index (χ0) is 21.7. The molecule has 4 nitrogen and oxygen atoms in total. The van der Waals surface area contributed by atoms with Gasteiger partial charge in [-0.2, -0.15) is 5.26 Å². The van der Waals surface area contributed by atoms with Crippen molar-refractivity contribution >= 4 is 10.9 Å². The Hall–Kier alpha value is -4.36. The molecule has 0 unspecified atom stereocenters. The number of benzene rings is 3. The highest BCUT2D eigenvalue weighted by molar-refractivity contribution is 6.01. The van der Waals surface area contributed by atoms with Crippen LogP contribution in [0.15, 0.2) is 79.0 Å². The van der Waals surface area contributed by atoms with E-state index in [1.165, 1.54) is 5.56 Å². The van der Waals surface area contributed by atoms with E-state index in [-0.39, 0.29) is 0 Å². The van der Waals surface area contributed by atoms with E-state index in [1.807, 2.05) is 54.7 Å². The number of ether oxygens (including phenoxy) is 1. The molecule has 2 aromatic heterocycles. The topological polar surface area (TPSA) is 61.7 Å². The maximum absolute atomic E-state index is 10.4. The highest BCUT2D eigenvalue weighted by Crippen LogP contribution is 2.47. The second kappa shape index (κ2) is 7.11. The van der Waals surface area contributed by atoms with Gasteiger partial charge in [-0.25, -0.2) is 0 Å². The molecule has 1 aliphatic rings. The standard InChI is InChI=1S/C28H19N3O/c1-32-19-12-10-17(11-13-19)26-22(15-29)28(23-16-30-24-9-5-4-8-21(23)24)31-25-14-18-6-2-3-7-20(18)27(25)26/h2-13,16,30H,14H2,1H3. The molecule has 0 fully saturated rings. The SMILES string of the molecule is COc1ccc(-c2c(C#N)c(-c3c[nH]c4ccccc34)nc3c2-c2ccccc2C3)cc1. The van der Waals surface area contributed by atoms with E-state index in [0.717, 1.165) is 62.3 Å². The van der Waals surface area contributed by atoms with Crippen LogP contribution in [0.5, 0.6) is 5.75 Å². The molecule has 0 aliphatic heterocycles. The number of aromatic nitrogens is 2. The van der Waals surface area contributed by atoms with Crippen LogP contribution in [-0.2, 0) is 6.42 Å². The smallest absolute Gasteiger partial charge is 0.118 e. The Morgan fingerprint density at radius 1 is 0.906 bits per heavy atom. The zero-order valence-corrected chi connectivity index (χ0v) is 17.5. The molecule has 0 bridgehead atoms. The Morgan fingerprint density at radius 3 is 2.50 bits per heavy atom. The first-order valence-electron chi connectivity index (χ1n) is 10.5. The Bertz CT molecular complexity index is 1540. The molecule has 0 radical (unpaired) electrons. The van der Waals surface area contributed by atoms with Crippen LogP contribution in [0, 0.1) is 11.3 Å². The lowest BCUT2D eigenvalue weighted by Crippen LogP contribution is -2.00. The molecular weight excluding hydrogens is 394 g/mol. The van der Waals surface area contributed by atoms with E-state index in [0.29, 0.717) is 5.56 Å². The number of para-hydroxylation sites is 1. The van der Waals surface area contributed by atoms with Gasteiger partial charge in [0, 0.05) is 40.2 Å². The monoisotopic (exact) mass is 413 g/mol. The Kier molecular flexibility index (Phi) is 4.09. The molecule has 0 spiro atoms. The van der Waals surface area contributed by atoms with Crippen LogP contribution in [0.25, 0.3) is 44.4 Å². The number of hydrogen-bond acceptors (Lipinski definition) is 3. The fraction of sp³-hybridized carbons (Fsp3) is 0.0714. The number of hydrogen-bond donors (Lipinski definition) is 1. The summed E-state index contributed by atoms with van der Waals surface area (Å²) >= 11 is 0. The van der Waals surface area contributed by atoms with E-state index >= 15 is 0 Å². The number of methoxy groups -OCH3 is 1. The third kappa shape index (κ3) is 2.65. The van der Waals surface area contributed by atoms with Gasteiger partial charge < -0.3 is 9.72 Å². The van der Waals surface area contributed by atoms with Gasteiger partial charge in [-0.1, -0.05) is 54.6 Å². The van der Waals surface area contributed by atoms with Gasteiger partial charge in [0.2, 0.25) is 0 Å². The molecule has 1 N–H and O–H groups in total. The number of fused-ring (bicyclic) bond motifs is 4. The van der Waals surface area contributed by atoms with Gasteiger partial charge >= 0.3 is 0 Å². The minimum absolute atomic E-state index is 0.593. The van der Waals surface area contributed by atoms with Gasteiger partial charge in [0.25, 0.3) is 0 Å². The summed E-state index contributed by atoms with van der Waals surface area (Å²) in [6, 6.07) is 26.9. The van der Waals surface area contributed by atoms with Gasteiger partial charge in [-0.3, -0.25) is 4.98 Å². The molecule has 0 saturated carbocycles. The number of aromatic amines is 1. The van der Waals surface area contributed by atoms with Crippen molar-refractivity contribution in [3.8, 4) is 45.3 Å². The third-order valence-corrected chi connectivity index (χ3v) is 6.25. The first-order valence-corrected chi connectivity index (χ1v) is 10.5. The van der Waals surface area contributed by atoms with Crippen molar-refractivity contribution in [2.45, 2.75) is 6.42 Å². The molecule has 6 rings (SSSR count). The summed E-state index contributed by atoms with van der Waals surface area (Å²) in [7, 11) is 1.66. The number of rotatable bonds is 3. The van der Waals surface area contributed by atoms with E-state index in [2.05, 4.69) is 35.3 Å². The zero-order valence-electron chi connectivity index (χ0n) is 17.5. The number of nitrogens with zero attached hydrogens (tertiary/aromatic N) is 2. The molecule has 4 heteroatoms. The molecule has 5 aromatic rings. The lowest BCUT2D eigenvalue weighted by molar-refractivity contribution is 0.415. The minimum atomic E-state index is 0.593. The average Bonchev–Trinajstić information content (AvgIpc) is 3.44. The molecule has 152 valence electrons. The van der Waals surface area contributed by atoms with Crippen molar-refractivity contribution in [1.82, 2.24) is 9.97 Å². The summed E-state index contributed by atoms with van der Waals surface area (Å²) in [6.07, 6.45) is 2.72. The van der Waals surface area contributed by atoms with Gasteiger partial charge in [-0.15, -0.1) is 0 Å². The van der Waals surface area contributed by atoms with Crippen molar-refractivity contribution in [2.75, 3.05) is 7.11 Å². The molecule has 0 atom stereocenters. The fourth-order valence-electron chi connectivity index (χ4n) is 4.77. The first kappa shape index (κ1) is 18.4. The van der Waals surface area contributed by atoms with Crippen molar-refractivity contribution < 1.29 is 4.74 Å². The molecular formula is C28H19N3O. The summed E-state index contributed by atoms with van der Waals surface area (Å²) in [6.45, 7) is 0. The van der Waals surface area contributed by atoms with Gasteiger partial charge in [-0.05, 0) is 34.9 Å². The molecule has 0 saturated heterocycles. The van der Waals surface area contributed by atoms with Crippen molar-refractivity contribution in [2.24, 2.45) is 0 Å². The van der Waals surface area contributed by atoms with Crippen LogP contribution in [0.2, 0.25) is 0 Å². The summed E-state index contributed by atoms with van der Waals surface area (Å²) < 4.78 is 5.36.